The molecule has 1 amide bonds. The van der Waals surface area contributed by atoms with Crippen molar-refractivity contribution >= 4 is 23.3 Å². The Hall–Kier alpha value is -1.29. The number of carbonyl (C=O) groups excluding carboxylic acids is 1. The summed E-state index contributed by atoms with van der Waals surface area (Å²) in [5.74, 6) is 1.05. The molecule has 1 aromatic rings. The van der Waals surface area contributed by atoms with Crippen LogP contribution in [0.2, 0.25) is 5.02 Å². The molecule has 0 bridgehead atoms. The number of rotatable bonds is 6. The van der Waals surface area contributed by atoms with Gasteiger partial charge in [0, 0.05) is 19.3 Å². The molecule has 0 saturated carbocycles. The Balaban J connectivity index is 2.61. The summed E-state index contributed by atoms with van der Waals surface area (Å²) >= 11 is 6.03. The highest BCUT2D eigenvalue weighted by molar-refractivity contribution is 6.33. The van der Waals surface area contributed by atoms with Crippen molar-refractivity contribution in [3.05, 3.63) is 22.8 Å². The first-order valence-electron chi connectivity index (χ1n) is 6.22. The van der Waals surface area contributed by atoms with E-state index in [1.165, 1.54) is 6.20 Å². The first-order chi connectivity index (χ1) is 8.54. The standard InChI is InChI=1S/C13H20ClN3O/c1-4-15-12-11(14)7-10(8-17-12)13(18)16-6-5-9(2)3/h7-9H,4-6H2,1-3H3,(H,15,17)(H,16,18). The molecule has 18 heavy (non-hydrogen) atoms. The molecule has 0 unspecified atom stereocenters. The third kappa shape index (κ3) is 4.53. The zero-order valence-corrected chi connectivity index (χ0v) is 11.8. The van der Waals surface area contributed by atoms with E-state index >= 15 is 0 Å². The molecule has 0 spiro atoms. The molecule has 0 atom stereocenters. The second kappa shape index (κ2) is 7.21. The van der Waals surface area contributed by atoms with Crippen molar-refractivity contribution in [1.82, 2.24) is 10.3 Å². The van der Waals surface area contributed by atoms with E-state index in [2.05, 4.69) is 29.5 Å². The normalized spacial score (nSPS) is 10.5. The highest BCUT2D eigenvalue weighted by atomic mass is 35.5. The van der Waals surface area contributed by atoms with Gasteiger partial charge in [-0.05, 0) is 25.3 Å². The molecular formula is C13H20ClN3O. The van der Waals surface area contributed by atoms with Gasteiger partial charge in [-0.1, -0.05) is 25.4 Å². The lowest BCUT2D eigenvalue weighted by molar-refractivity contribution is 0.0951. The predicted molar refractivity (Wildman–Crippen MR) is 75.2 cm³/mol. The van der Waals surface area contributed by atoms with Crippen molar-refractivity contribution in [2.24, 2.45) is 5.92 Å². The molecule has 1 aromatic heterocycles. The molecule has 1 heterocycles. The van der Waals surface area contributed by atoms with Crippen molar-refractivity contribution in [1.29, 1.82) is 0 Å². The molecule has 0 aliphatic carbocycles. The van der Waals surface area contributed by atoms with Gasteiger partial charge >= 0.3 is 0 Å². The molecule has 0 aliphatic rings. The Morgan fingerprint density at radius 1 is 1.50 bits per heavy atom. The quantitative estimate of drug-likeness (QED) is 0.835. The summed E-state index contributed by atoms with van der Waals surface area (Å²) in [5, 5.41) is 6.34. The highest BCUT2D eigenvalue weighted by Gasteiger charge is 2.09. The second-order valence-electron chi connectivity index (χ2n) is 4.52. The molecule has 1 rings (SSSR count). The van der Waals surface area contributed by atoms with Crippen LogP contribution >= 0.6 is 11.6 Å². The van der Waals surface area contributed by atoms with Gasteiger partial charge in [0.25, 0.3) is 5.91 Å². The summed E-state index contributed by atoms with van der Waals surface area (Å²) in [4.78, 5) is 15.9. The number of halogens is 1. The van der Waals surface area contributed by atoms with Gasteiger partial charge in [-0.25, -0.2) is 4.98 Å². The smallest absolute Gasteiger partial charge is 0.252 e. The molecule has 0 fully saturated rings. The fourth-order valence-electron chi connectivity index (χ4n) is 1.44. The Morgan fingerprint density at radius 2 is 2.22 bits per heavy atom. The van der Waals surface area contributed by atoms with Crippen LogP contribution < -0.4 is 10.6 Å². The fourth-order valence-corrected chi connectivity index (χ4v) is 1.67. The molecule has 4 nitrogen and oxygen atoms in total. The Labute approximate surface area is 113 Å². The predicted octanol–water partition coefficient (Wildman–Crippen LogP) is 2.94. The lowest BCUT2D eigenvalue weighted by Crippen LogP contribution is -2.25. The highest BCUT2D eigenvalue weighted by Crippen LogP contribution is 2.19. The largest absolute Gasteiger partial charge is 0.369 e. The van der Waals surface area contributed by atoms with Gasteiger partial charge in [0.05, 0.1) is 10.6 Å². The maximum Gasteiger partial charge on any atom is 0.252 e. The van der Waals surface area contributed by atoms with Gasteiger partial charge in [0.2, 0.25) is 0 Å². The van der Waals surface area contributed by atoms with E-state index in [9.17, 15) is 4.79 Å². The summed E-state index contributed by atoms with van der Waals surface area (Å²) in [6, 6.07) is 1.64. The van der Waals surface area contributed by atoms with E-state index in [1.54, 1.807) is 6.07 Å². The van der Waals surface area contributed by atoms with Gasteiger partial charge in [0.1, 0.15) is 5.82 Å². The lowest BCUT2D eigenvalue weighted by atomic mass is 10.1. The minimum atomic E-state index is -0.131. The van der Waals surface area contributed by atoms with Crippen LogP contribution in [0.5, 0.6) is 0 Å². The Bertz CT molecular complexity index is 407. The molecule has 0 saturated heterocycles. The monoisotopic (exact) mass is 269 g/mol. The van der Waals surface area contributed by atoms with E-state index in [4.69, 9.17) is 11.6 Å². The van der Waals surface area contributed by atoms with Crippen molar-refractivity contribution < 1.29 is 4.79 Å². The number of hydrogen-bond donors (Lipinski definition) is 2. The van der Waals surface area contributed by atoms with Gasteiger partial charge < -0.3 is 10.6 Å². The minimum Gasteiger partial charge on any atom is -0.369 e. The first-order valence-corrected chi connectivity index (χ1v) is 6.60. The van der Waals surface area contributed by atoms with Crippen LogP contribution in [0.3, 0.4) is 0 Å². The lowest BCUT2D eigenvalue weighted by Gasteiger charge is -2.09. The first kappa shape index (κ1) is 14.8. The van der Waals surface area contributed by atoms with Crippen LogP contribution in [0.25, 0.3) is 0 Å². The van der Waals surface area contributed by atoms with E-state index in [1.807, 2.05) is 6.92 Å². The molecule has 0 aromatic carbocycles. The summed E-state index contributed by atoms with van der Waals surface area (Å²) in [6.07, 6.45) is 2.50. The molecule has 2 N–H and O–H groups in total. The fraction of sp³-hybridized carbons (Fsp3) is 0.538. The Morgan fingerprint density at radius 3 is 2.78 bits per heavy atom. The molecular weight excluding hydrogens is 250 g/mol. The van der Waals surface area contributed by atoms with Gasteiger partial charge in [-0.2, -0.15) is 0 Å². The van der Waals surface area contributed by atoms with Crippen LogP contribution in [0.4, 0.5) is 5.82 Å². The number of nitrogens with zero attached hydrogens (tertiary/aromatic N) is 1. The minimum absolute atomic E-state index is 0.131. The number of hydrogen-bond acceptors (Lipinski definition) is 3. The Kier molecular flexibility index (Phi) is 5.92. The van der Waals surface area contributed by atoms with Crippen LogP contribution in [0.1, 0.15) is 37.6 Å². The van der Waals surface area contributed by atoms with E-state index < -0.39 is 0 Å². The van der Waals surface area contributed by atoms with E-state index in [0.29, 0.717) is 28.9 Å². The number of carbonyl (C=O) groups is 1. The zero-order chi connectivity index (χ0) is 13.5. The maximum atomic E-state index is 11.8. The van der Waals surface area contributed by atoms with Crippen LogP contribution in [-0.4, -0.2) is 24.0 Å². The van der Waals surface area contributed by atoms with Crippen LogP contribution in [-0.2, 0) is 0 Å². The molecule has 0 radical (unpaired) electrons. The summed E-state index contributed by atoms with van der Waals surface area (Å²) < 4.78 is 0. The molecule has 100 valence electrons. The van der Waals surface area contributed by atoms with Crippen molar-refractivity contribution in [3.63, 3.8) is 0 Å². The SMILES string of the molecule is CCNc1ncc(C(=O)NCCC(C)C)cc1Cl. The third-order valence-electron chi connectivity index (χ3n) is 2.45. The van der Waals surface area contributed by atoms with Crippen molar-refractivity contribution in [2.75, 3.05) is 18.4 Å². The second-order valence-corrected chi connectivity index (χ2v) is 4.93. The van der Waals surface area contributed by atoms with Crippen LogP contribution in [0.15, 0.2) is 12.3 Å². The molecule has 0 aliphatic heterocycles. The zero-order valence-electron chi connectivity index (χ0n) is 11.1. The van der Waals surface area contributed by atoms with Gasteiger partial charge in [-0.3, -0.25) is 4.79 Å². The summed E-state index contributed by atoms with van der Waals surface area (Å²) in [6.45, 7) is 7.62. The molecule has 5 heteroatoms. The summed E-state index contributed by atoms with van der Waals surface area (Å²) in [7, 11) is 0. The number of aromatic nitrogens is 1. The number of anilines is 1. The van der Waals surface area contributed by atoms with Crippen LogP contribution in [0, 0.1) is 5.92 Å². The maximum absolute atomic E-state index is 11.8. The van der Waals surface area contributed by atoms with Crippen molar-refractivity contribution in [3.8, 4) is 0 Å². The number of nitrogens with one attached hydrogen (secondary N) is 2. The van der Waals surface area contributed by atoms with E-state index in [-0.39, 0.29) is 5.91 Å². The van der Waals surface area contributed by atoms with Crippen molar-refractivity contribution in [2.45, 2.75) is 27.2 Å². The number of amides is 1. The summed E-state index contributed by atoms with van der Waals surface area (Å²) in [5.41, 5.74) is 0.491. The third-order valence-corrected chi connectivity index (χ3v) is 2.74. The topological polar surface area (TPSA) is 54.0 Å². The average molecular weight is 270 g/mol. The van der Waals surface area contributed by atoms with E-state index in [0.717, 1.165) is 13.0 Å². The van der Waals surface area contributed by atoms with Gasteiger partial charge in [0.15, 0.2) is 0 Å². The average Bonchev–Trinajstić information content (AvgIpc) is 2.31. The number of pyridine rings is 1. The van der Waals surface area contributed by atoms with Gasteiger partial charge in [-0.15, -0.1) is 0 Å².